The van der Waals surface area contributed by atoms with Crippen LogP contribution < -0.4 is 5.73 Å². The lowest BCUT2D eigenvalue weighted by atomic mass is 9.99. The summed E-state index contributed by atoms with van der Waals surface area (Å²) in [6.07, 6.45) is 2.46. The number of nitrogens with two attached hydrogens (primary N) is 1. The van der Waals surface area contributed by atoms with Crippen molar-refractivity contribution in [2.45, 2.75) is 26.3 Å². The molecule has 0 bridgehead atoms. The van der Waals surface area contributed by atoms with Gasteiger partial charge in [-0.2, -0.15) is 0 Å². The van der Waals surface area contributed by atoms with E-state index in [1.807, 2.05) is 0 Å². The highest BCUT2D eigenvalue weighted by atomic mass is 16.6. The van der Waals surface area contributed by atoms with E-state index in [1.54, 1.807) is 12.1 Å². The minimum atomic E-state index is -0.373. The fourth-order valence-electron chi connectivity index (χ4n) is 2.51. The highest BCUT2D eigenvalue weighted by Crippen LogP contribution is 2.23. The normalized spacial score (nSPS) is 20.8. The van der Waals surface area contributed by atoms with Crippen molar-refractivity contribution in [3.05, 3.63) is 33.9 Å². The summed E-state index contributed by atoms with van der Waals surface area (Å²) in [6.45, 7) is 5.04. The number of non-ortho nitro benzene ring substituents is 1. The predicted molar refractivity (Wildman–Crippen MR) is 71.2 cm³/mol. The summed E-state index contributed by atoms with van der Waals surface area (Å²) >= 11 is 0. The lowest BCUT2D eigenvalue weighted by Crippen LogP contribution is -2.33. The van der Waals surface area contributed by atoms with E-state index >= 15 is 0 Å². The van der Waals surface area contributed by atoms with Gasteiger partial charge in [-0.25, -0.2) is 0 Å². The first-order valence-corrected chi connectivity index (χ1v) is 6.31. The molecule has 0 aromatic heterocycles. The van der Waals surface area contributed by atoms with Crippen molar-refractivity contribution in [1.29, 1.82) is 0 Å². The van der Waals surface area contributed by atoms with Gasteiger partial charge in [-0.15, -0.1) is 0 Å². The molecule has 1 atom stereocenters. The highest BCUT2D eigenvalue weighted by molar-refractivity contribution is 5.52. The molecule has 1 heterocycles. The van der Waals surface area contributed by atoms with Crippen LogP contribution in [0.1, 0.15) is 25.3 Å². The molecule has 18 heavy (non-hydrogen) atoms. The molecule has 98 valence electrons. The third kappa shape index (κ3) is 2.98. The van der Waals surface area contributed by atoms with Crippen LogP contribution in [0, 0.1) is 16.0 Å². The third-order valence-electron chi connectivity index (χ3n) is 3.47. The standard InChI is InChI=1S/C13H19N3O2/c1-10-3-2-6-15(8-10)9-11-7-12(16(17)18)4-5-13(11)14/h4-5,7,10H,2-3,6,8-9,14H2,1H3. The smallest absolute Gasteiger partial charge is 0.269 e. The van der Waals surface area contributed by atoms with Gasteiger partial charge in [-0.05, 0) is 36.9 Å². The van der Waals surface area contributed by atoms with Crippen molar-refractivity contribution in [3.8, 4) is 0 Å². The van der Waals surface area contributed by atoms with Crippen molar-refractivity contribution in [1.82, 2.24) is 4.90 Å². The molecule has 0 amide bonds. The zero-order valence-electron chi connectivity index (χ0n) is 10.6. The van der Waals surface area contributed by atoms with E-state index in [-0.39, 0.29) is 10.6 Å². The summed E-state index contributed by atoms with van der Waals surface area (Å²) in [6, 6.07) is 4.67. The number of hydrogen-bond donors (Lipinski definition) is 1. The number of nitro benzene ring substituents is 1. The fourth-order valence-corrected chi connectivity index (χ4v) is 2.51. The van der Waals surface area contributed by atoms with E-state index in [4.69, 9.17) is 5.73 Å². The second-order valence-electron chi connectivity index (χ2n) is 5.12. The van der Waals surface area contributed by atoms with Crippen LogP contribution in [0.3, 0.4) is 0 Å². The Labute approximate surface area is 107 Å². The van der Waals surface area contributed by atoms with E-state index in [9.17, 15) is 10.1 Å². The summed E-state index contributed by atoms with van der Waals surface area (Å²) in [5.41, 5.74) is 7.50. The molecule has 0 aliphatic carbocycles. The summed E-state index contributed by atoms with van der Waals surface area (Å²) in [4.78, 5) is 12.7. The number of nitrogens with zero attached hydrogens (tertiary/aromatic N) is 2. The Balaban J connectivity index is 2.12. The lowest BCUT2D eigenvalue weighted by Gasteiger charge is -2.31. The van der Waals surface area contributed by atoms with Crippen molar-refractivity contribution in [3.63, 3.8) is 0 Å². The number of likely N-dealkylation sites (tertiary alicyclic amines) is 1. The topological polar surface area (TPSA) is 72.4 Å². The van der Waals surface area contributed by atoms with Gasteiger partial charge in [-0.3, -0.25) is 15.0 Å². The van der Waals surface area contributed by atoms with E-state index < -0.39 is 0 Å². The summed E-state index contributed by atoms with van der Waals surface area (Å²) < 4.78 is 0. The van der Waals surface area contributed by atoms with Crippen molar-refractivity contribution >= 4 is 11.4 Å². The lowest BCUT2D eigenvalue weighted by molar-refractivity contribution is -0.384. The number of benzene rings is 1. The molecule has 5 nitrogen and oxygen atoms in total. The highest BCUT2D eigenvalue weighted by Gasteiger charge is 2.18. The zero-order chi connectivity index (χ0) is 13.1. The average Bonchev–Trinajstić information content (AvgIpc) is 2.31. The second kappa shape index (κ2) is 5.35. The van der Waals surface area contributed by atoms with Gasteiger partial charge in [0, 0.05) is 30.9 Å². The first-order valence-electron chi connectivity index (χ1n) is 6.31. The average molecular weight is 249 g/mol. The molecular formula is C13H19N3O2. The van der Waals surface area contributed by atoms with Crippen LogP contribution in [0.4, 0.5) is 11.4 Å². The molecule has 1 aliphatic rings. The van der Waals surface area contributed by atoms with Crippen molar-refractivity contribution in [2.75, 3.05) is 18.8 Å². The SMILES string of the molecule is CC1CCCN(Cc2cc([N+](=O)[O-])ccc2N)C1. The molecular weight excluding hydrogens is 230 g/mol. The van der Waals surface area contributed by atoms with Crippen LogP contribution in [-0.4, -0.2) is 22.9 Å². The van der Waals surface area contributed by atoms with Crippen LogP contribution in [0.5, 0.6) is 0 Å². The van der Waals surface area contributed by atoms with Crippen molar-refractivity contribution < 1.29 is 4.92 Å². The molecule has 1 fully saturated rings. The Morgan fingerprint density at radius 1 is 1.56 bits per heavy atom. The van der Waals surface area contributed by atoms with Gasteiger partial charge >= 0.3 is 0 Å². The number of nitro groups is 1. The molecule has 0 spiro atoms. The Kier molecular flexibility index (Phi) is 3.81. The quantitative estimate of drug-likeness (QED) is 0.507. The largest absolute Gasteiger partial charge is 0.398 e. The Hall–Kier alpha value is -1.62. The maximum atomic E-state index is 10.8. The molecule has 0 radical (unpaired) electrons. The minimum absolute atomic E-state index is 0.115. The van der Waals surface area contributed by atoms with Gasteiger partial charge in [0.25, 0.3) is 5.69 Å². The molecule has 1 unspecified atom stereocenters. The second-order valence-corrected chi connectivity index (χ2v) is 5.12. The molecule has 2 rings (SSSR count). The van der Waals surface area contributed by atoms with E-state index in [2.05, 4.69) is 11.8 Å². The number of rotatable bonds is 3. The van der Waals surface area contributed by atoms with Gasteiger partial charge in [-0.1, -0.05) is 6.92 Å². The van der Waals surface area contributed by atoms with Gasteiger partial charge < -0.3 is 5.73 Å². The molecule has 1 aromatic carbocycles. The molecule has 1 aromatic rings. The number of hydrogen-bond acceptors (Lipinski definition) is 4. The van der Waals surface area contributed by atoms with Gasteiger partial charge in [0.2, 0.25) is 0 Å². The number of nitrogen functional groups attached to an aromatic ring is 1. The molecule has 1 saturated heterocycles. The monoisotopic (exact) mass is 249 g/mol. The first-order chi connectivity index (χ1) is 8.56. The molecule has 5 heteroatoms. The fraction of sp³-hybridized carbons (Fsp3) is 0.538. The molecule has 1 aliphatic heterocycles. The van der Waals surface area contributed by atoms with E-state index in [1.165, 1.54) is 18.9 Å². The Bertz CT molecular complexity index is 448. The summed E-state index contributed by atoms with van der Waals surface area (Å²) in [5.74, 6) is 0.693. The maximum Gasteiger partial charge on any atom is 0.269 e. The van der Waals surface area contributed by atoms with Crippen LogP contribution in [0.25, 0.3) is 0 Å². The van der Waals surface area contributed by atoms with Crippen LogP contribution in [0.15, 0.2) is 18.2 Å². The molecule has 2 N–H and O–H groups in total. The van der Waals surface area contributed by atoms with Gasteiger partial charge in [0.15, 0.2) is 0 Å². The predicted octanol–water partition coefficient (Wildman–Crippen LogP) is 2.41. The van der Waals surface area contributed by atoms with E-state index in [0.717, 1.165) is 18.7 Å². The summed E-state index contributed by atoms with van der Waals surface area (Å²) in [7, 11) is 0. The Morgan fingerprint density at radius 3 is 3.00 bits per heavy atom. The van der Waals surface area contributed by atoms with Gasteiger partial charge in [0.1, 0.15) is 0 Å². The van der Waals surface area contributed by atoms with Crippen LogP contribution >= 0.6 is 0 Å². The zero-order valence-corrected chi connectivity index (χ0v) is 10.6. The third-order valence-corrected chi connectivity index (χ3v) is 3.47. The van der Waals surface area contributed by atoms with Crippen LogP contribution in [0.2, 0.25) is 0 Å². The Morgan fingerprint density at radius 2 is 2.33 bits per heavy atom. The van der Waals surface area contributed by atoms with E-state index in [0.29, 0.717) is 18.2 Å². The minimum Gasteiger partial charge on any atom is -0.398 e. The maximum absolute atomic E-state index is 10.8. The van der Waals surface area contributed by atoms with Gasteiger partial charge in [0.05, 0.1) is 4.92 Å². The number of anilines is 1. The number of piperidine rings is 1. The van der Waals surface area contributed by atoms with Crippen molar-refractivity contribution in [2.24, 2.45) is 5.92 Å². The van der Waals surface area contributed by atoms with Crippen LogP contribution in [-0.2, 0) is 6.54 Å². The summed E-state index contributed by atoms with van der Waals surface area (Å²) in [5, 5.41) is 10.8. The first kappa shape index (κ1) is 12.8. The molecule has 0 saturated carbocycles.